The summed E-state index contributed by atoms with van der Waals surface area (Å²) < 4.78 is 38.7. The van der Waals surface area contributed by atoms with E-state index < -0.39 is 16.1 Å². The monoisotopic (exact) mass is 516 g/mol. The molecule has 0 amide bonds. The van der Waals surface area contributed by atoms with Crippen molar-refractivity contribution in [3.63, 3.8) is 0 Å². The second-order valence-electron chi connectivity index (χ2n) is 7.70. The van der Waals surface area contributed by atoms with Crippen LogP contribution in [0.25, 0.3) is 10.9 Å². The number of nitrogens with one attached hydrogen (secondary N) is 3. The second-order valence-corrected chi connectivity index (χ2v) is 9.82. The van der Waals surface area contributed by atoms with Crippen molar-refractivity contribution in [1.29, 1.82) is 0 Å². The average Bonchev–Trinajstić information content (AvgIpc) is 3.26. The SMILES string of the molecule is COc1n[nH]c2cc(OCCNCC(O)c3cccc(NS(=O)(=O)c4cccc(Cl)c4)c3)ccc12. The number of aliphatic hydroxyl groups is 1. The molecular formula is C24H25ClN4O5S. The third kappa shape index (κ3) is 6.23. The van der Waals surface area contributed by atoms with E-state index in [-0.39, 0.29) is 11.4 Å². The van der Waals surface area contributed by atoms with Gasteiger partial charge in [-0.2, -0.15) is 0 Å². The molecule has 4 rings (SSSR count). The molecule has 0 saturated heterocycles. The number of fused-ring (bicyclic) bond motifs is 1. The fraction of sp³-hybridized carbons (Fsp3) is 0.208. The Bertz CT molecular complexity index is 1410. The lowest BCUT2D eigenvalue weighted by molar-refractivity contribution is 0.172. The van der Waals surface area contributed by atoms with E-state index in [1.165, 1.54) is 12.1 Å². The highest BCUT2D eigenvalue weighted by molar-refractivity contribution is 7.92. The lowest BCUT2D eigenvalue weighted by atomic mass is 10.1. The molecule has 0 bridgehead atoms. The Labute approximate surface area is 208 Å². The summed E-state index contributed by atoms with van der Waals surface area (Å²) in [7, 11) is -2.24. The van der Waals surface area contributed by atoms with Crippen molar-refractivity contribution in [3.8, 4) is 11.6 Å². The number of aliphatic hydroxyl groups excluding tert-OH is 1. The number of methoxy groups -OCH3 is 1. The number of halogens is 1. The van der Waals surface area contributed by atoms with Crippen LogP contribution >= 0.6 is 11.6 Å². The van der Waals surface area contributed by atoms with Gasteiger partial charge < -0.3 is 19.9 Å². The van der Waals surface area contributed by atoms with Gasteiger partial charge in [-0.05, 0) is 48.0 Å². The van der Waals surface area contributed by atoms with Crippen LogP contribution in [0.3, 0.4) is 0 Å². The molecule has 11 heteroatoms. The fourth-order valence-electron chi connectivity index (χ4n) is 3.47. The molecule has 1 atom stereocenters. The lowest BCUT2D eigenvalue weighted by Crippen LogP contribution is -2.26. The highest BCUT2D eigenvalue weighted by atomic mass is 35.5. The number of hydrogen-bond donors (Lipinski definition) is 4. The van der Waals surface area contributed by atoms with Crippen LogP contribution in [0, 0.1) is 0 Å². The zero-order valence-electron chi connectivity index (χ0n) is 18.9. The number of H-pyrrole nitrogens is 1. The third-order valence-electron chi connectivity index (χ3n) is 5.21. The van der Waals surface area contributed by atoms with E-state index in [0.29, 0.717) is 41.1 Å². The first-order chi connectivity index (χ1) is 16.9. The number of nitrogens with zero attached hydrogens (tertiary/aromatic N) is 1. The average molecular weight is 517 g/mol. The number of anilines is 1. The molecule has 3 aromatic carbocycles. The molecular weight excluding hydrogens is 492 g/mol. The normalized spacial score (nSPS) is 12.4. The van der Waals surface area contributed by atoms with Crippen LogP contribution in [0.2, 0.25) is 5.02 Å². The maximum Gasteiger partial charge on any atom is 0.261 e. The Balaban J connectivity index is 1.27. The van der Waals surface area contributed by atoms with Crippen LogP contribution in [0.4, 0.5) is 5.69 Å². The smallest absolute Gasteiger partial charge is 0.261 e. The summed E-state index contributed by atoms with van der Waals surface area (Å²) in [5, 5.41) is 21.8. The Morgan fingerprint density at radius 3 is 2.74 bits per heavy atom. The molecule has 4 N–H and O–H groups in total. The first kappa shape index (κ1) is 24.8. The summed E-state index contributed by atoms with van der Waals surface area (Å²) in [6, 6.07) is 18.2. The fourth-order valence-corrected chi connectivity index (χ4v) is 4.82. The number of sulfonamides is 1. The molecule has 1 aromatic heterocycles. The van der Waals surface area contributed by atoms with Crippen molar-refractivity contribution in [3.05, 3.63) is 77.3 Å². The summed E-state index contributed by atoms with van der Waals surface area (Å²) in [4.78, 5) is 0.0587. The van der Waals surface area contributed by atoms with Crippen molar-refractivity contribution in [2.45, 2.75) is 11.0 Å². The Hall–Kier alpha value is -3.31. The molecule has 9 nitrogen and oxygen atoms in total. The van der Waals surface area contributed by atoms with E-state index in [1.54, 1.807) is 43.5 Å². The van der Waals surface area contributed by atoms with E-state index in [1.807, 2.05) is 18.2 Å². The summed E-state index contributed by atoms with van der Waals surface area (Å²) in [5.74, 6) is 1.22. The van der Waals surface area contributed by atoms with E-state index in [2.05, 4.69) is 20.2 Å². The molecule has 1 heterocycles. The first-order valence-electron chi connectivity index (χ1n) is 10.8. The first-order valence-corrected chi connectivity index (χ1v) is 12.6. The number of hydrogen-bond acceptors (Lipinski definition) is 7. The van der Waals surface area contributed by atoms with Gasteiger partial charge in [-0.3, -0.25) is 9.82 Å². The quantitative estimate of drug-likeness (QED) is 0.224. The van der Waals surface area contributed by atoms with Gasteiger partial charge in [0.1, 0.15) is 12.4 Å². The predicted molar refractivity (Wildman–Crippen MR) is 135 cm³/mol. The molecule has 0 radical (unpaired) electrons. The molecule has 0 aliphatic rings. The summed E-state index contributed by atoms with van der Waals surface area (Å²) >= 11 is 5.91. The van der Waals surface area contributed by atoms with Gasteiger partial charge in [0.25, 0.3) is 10.0 Å². The van der Waals surface area contributed by atoms with Crippen LogP contribution in [-0.2, 0) is 10.0 Å². The number of aromatic nitrogens is 2. The topological polar surface area (TPSA) is 126 Å². The number of rotatable bonds is 11. The molecule has 4 aromatic rings. The molecule has 1 unspecified atom stereocenters. The van der Waals surface area contributed by atoms with Gasteiger partial charge in [0.05, 0.1) is 29.0 Å². The van der Waals surface area contributed by atoms with Gasteiger partial charge >= 0.3 is 0 Å². The molecule has 184 valence electrons. The van der Waals surface area contributed by atoms with Gasteiger partial charge in [0, 0.05) is 29.9 Å². The number of aromatic amines is 1. The molecule has 0 saturated carbocycles. The standard InChI is InChI=1S/C24H25ClN4O5S/c1-33-24-21-9-8-19(14-22(21)27-28-24)34-11-10-26-15-23(30)16-4-2-6-18(12-16)29-35(31,32)20-7-3-5-17(25)13-20/h2-9,12-14,23,26,29-30H,10-11,15H2,1H3,(H,27,28). The van der Waals surface area contributed by atoms with Crippen molar-refractivity contribution in [2.75, 3.05) is 31.5 Å². The molecule has 0 aliphatic heterocycles. The Morgan fingerprint density at radius 2 is 1.94 bits per heavy atom. The number of ether oxygens (including phenoxy) is 2. The van der Waals surface area contributed by atoms with Gasteiger partial charge in [-0.15, -0.1) is 5.10 Å². The highest BCUT2D eigenvalue weighted by Gasteiger charge is 2.16. The van der Waals surface area contributed by atoms with E-state index in [0.717, 1.165) is 10.9 Å². The second kappa shape index (κ2) is 11.0. The van der Waals surface area contributed by atoms with Crippen LogP contribution in [-0.4, -0.2) is 50.5 Å². The van der Waals surface area contributed by atoms with Crippen LogP contribution < -0.4 is 19.5 Å². The van der Waals surface area contributed by atoms with Crippen molar-refractivity contribution < 1.29 is 23.0 Å². The molecule has 35 heavy (non-hydrogen) atoms. The molecule has 0 spiro atoms. The Morgan fingerprint density at radius 1 is 1.11 bits per heavy atom. The van der Waals surface area contributed by atoms with Crippen molar-refractivity contribution in [1.82, 2.24) is 15.5 Å². The van der Waals surface area contributed by atoms with E-state index >= 15 is 0 Å². The van der Waals surface area contributed by atoms with Crippen LogP contribution in [0.5, 0.6) is 11.6 Å². The van der Waals surface area contributed by atoms with Crippen molar-refractivity contribution >= 4 is 38.2 Å². The minimum atomic E-state index is -3.80. The predicted octanol–water partition coefficient (Wildman–Crippen LogP) is 3.73. The Kier molecular flexibility index (Phi) is 7.76. The van der Waals surface area contributed by atoms with Crippen LogP contribution in [0.1, 0.15) is 11.7 Å². The van der Waals surface area contributed by atoms with Gasteiger partial charge in [-0.1, -0.05) is 29.8 Å². The van der Waals surface area contributed by atoms with Crippen LogP contribution in [0.15, 0.2) is 71.6 Å². The van der Waals surface area contributed by atoms with E-state index in [9.17, 15) is 13.5 Å². The van der Waals surface area contributed by atoms with Gasteiger partial charge in [0.15, 0.2) is 0 Å². The van der Waals surface area contributed by atoms with E-state index in [4.69, 9.17) is 21.1 Å². The summed E-state index contributed by atoms with van der Waals surface area (Å²) in [6.07, 6.45) is -0.834. The zero-order valence-corrected chi connectivity index (χ0v) is 20.4. The largest absolute Gasteiger partial charge is 0.492 e. The zero-order chi connectivity index (χ0) is 24.8. The van der Waals surface area contributed by atoms with Gasteiger partial charge in [0.2, 0.25) is 5.88 Å². The third-order valence-corrected chi connectivity index (χ3v) is 6.82. The number of benzene rings is 3. The highest BCUT2D eigenvalue weighted by Crippen LogP contribution is 2.26. The lowest BCUT2D eigenvalue weighted by Gasteiger charge is -2.15. The maximum absolute atomic E-state index is 12.6. The minimum absolute atomic E-state index is 0.0587. The minimum Gasteiger partial charge on any atom is -0.492 e. The summed E-state index contributed by atoms with van der Waals surface area (Å²) in [5.41, 5.74) is 1.73. The molecule has 0 aliphatic carbocycles. The van der Waals surface area contributed by atoms with Gasteiger partial charge in [-0.25, -0.2) is 8.42 Å². The van der Waals surface area contributed by atoms with Crippen molar-refractivity contribution in [2.24, 2.45) is 0 Å². The molecule has 0 fully saturated rings. The maximum atomic E-state index is 12.6. The summed E-state index contributed by atoms with van der Waals surface area (Å²) in [6.45, 7) is 1.16.